The van der Waals surface area contributed by atoms with Gasteiger partial charge in [-0.15, -0.1) is 0 Å². The van der Waals surface area contributed by atoms with E-state index in [-0.39, 0.29) is 13.2 Å². The van der Waals surface area contributed by atoms with E-state index < -0.39 is 5.97 Å². The van der Waals surface area contributed by atoms with Gasteiger partial charge in [-0.3, -0.25) is 0 Å². The van der Waals surface area contributed by atoms with Crippen LogP contribution in [-0.4, -0.2) is 33.4 Å². The first-order valence-corrected chi connectivity index (χ1v) is 13.5. The van der Waals surface area contributed by atoms with Crippen molar-refractivity contribution >= 4 is 5.97 Å². The molecule has 4 rings (SSSR count). The van der Waals surface area contributed by atoms with Crippen molar-refractivity contribution in [2.75, 3.05) is 27.4 Å². The van der Waals surface area contributed by atoms with Gasteiger partial charge >= 0.3 is 5.97 Å². The van der Waals surface area contributed by atoms with Gasteiger partial charge in [0.2, 0.25) is 0 Å². The van der Waals surface area contributed by atoms with Crippen LogP contribution < -0.4 is 14.2 Å². The van der Waals surface area contributed by atoms with Crippen LogP contribution in [0.2, 0.25) is 0 Å². The van der Waals surface area contributed by atoms with E-state index in [1.807, 2.05) is 24.3 Å². The standard InChI is InChI=1S/C35H36O5/c1-6-7-25-8-10-28(11-9-25)31-20-21-32(34(38-5)33(31)37-4)29-14-12-26(13-15-29)27-16-18-30(19-17-27)39-22-23-40-35(36)24(2)3/h8-21H,2,6-7,22-23H2,1,3-5H3. The quantitative estimate of drug-likeness (QED) is 0.104. The molecule has 0 spiro atoms. The van der Waals surface area contributed by atoms with Crippen molar-refractivity contribution in [3.05, 3.63) is 103 Å². The highest BCUT2D eigenvalue weighted by molar-refractivity contribution is 5.87. The summed E-state index contributed by atoms with van der Waals surface area (Å²) in [5, 5.41) is 0. The van der Waals surface area contributed by atoms with Gasteiger partial charge < -0.3 is 18.9 Å². The van der Waals surface area contributed by atoms with Crippen LogP contribution in [0.5, 0.6) is 17.2 Å². The van der Waals surface area contributed by atoms with Crippen molar-refractivity contribution in [3.8, 4) is 50.6 Å². The number of rotatable bonds is 12. The summed E-state index contributed by atoms with van der Waals surface area (Å²) in [6.45, 7) is 7.83. The largest absolute Gasteiger partial charge is 0.492 e. The predicted molar refractivity (Wildman–Crippen MR) is 161 cm³/mol. The molecule has 4 aromatic rings. The Kier molecular flexibility index (Phi) is 9.63. The average molecular weight is 537 g/mol. The summed E-state index contributed by atoms with van der Waals surface area (Å²) in [6, 6.07) is 29.0. The van der Waals surface area contributed by atoms with Crippen LogP contribution in [-0.2, 0) is 16.0 Å². The molecular weight excluding hydrogens is 500 g/mol. The zero-order valence-corrected chi connectivity index (χ0v) is 23.7. The number of ether oxygens (including phenoxy) is 4. The van der Waals surface area contributed by atoms with Crippen molar-refractivity contribution in [1.29, 1.82) is 0 Å². The summed E-state index contributed by atoms with van der Waals surface area (Å²) >= 11 is 0. The first-order chi connectivity index (χ1) is 19.4. The van der Waals surface area contributed by atoms with Gasteiger partial charge in [-0.2, -0.15) is 0 Å². The Morgan fingerprint density at radius 3 is 1.62 bits per heavy atom. The topological polar surface area (TPSA) is 54.0 Å². The molecule has 0 N–H and O–H groups in total. The Morgan fingerprint density at radius 2 is 1.15 bits per heavy atom. The minimum absolute atomic E-state index is 0.176. The third-order valence-corrected chi connectivity index (χ3v) is 6.64. The van der Waals surface area contributed by atoms with Crippen molar-refractivity contribution in [3.63, 3.8) is 0 Å². The molecule has 0 aliphatic rings. The summed E-state index contributed by atoms with van der Waals surface area (Å²) in [5.74, 6) is 1.73. The van der Waals surface area contributed by atoms with Crippen molar-refractivity contribution in [1.82, 2.24) is 0 Å². The number of benzene rings is 4. The maximum absolute atomic E-state index is 11.4. The van der Waals surface area contributed by atoms with Crippen LogP contribution in [0.1, 0.15) is 25.8 Å². The van der Waals surface area contributed by atoms with Gasteiger partial charge in [0.25, 0.3) is 0 Å². The van der Waals surface area contributed by atoms with Crippen LogP contribution in [0.25, 0.3) is 33.4 Å². The molecule has 0 bridgehead atoms. The fraction of sp³-hybridized carbons (Fsp3) is 0.229. The Hall–Kier alpha value is -4.51. The fourth-order valence-corrected chi connectivity index (χ4v) is 4.57. The molecule has 206 valence electrons. The lowest BCUT2D eigenvalue weighted by atomic mass is 9.95. The minimum Gasteiger partial charge on any atom is -0.492 e. The van der Waals surface area contributed by atoms with Crippen LogP contribution >= 0.6 is 0 Å². The van der Waals surface area contributed by atoms with E-state index in [2.05, 4.69) is 74.2 Å². The Bertz CT molecular complexity index is 1440. The molecule has 0 saturated heterocycles. The molecule has 0 aliphatic carbocycles. The van der Waals surface area contributed by atoms with Crippen LogP contribution in [0.15, 0.2) is 97.1 Å². The summed E-state index contributed by atoms with van der Waals surface area (Å²) in [5.41, 5.74) is 7.95. The van der Waals surface area contributed by atoms with Crippen molar-refractivity contribution in [2.24, 2.45) is 0 Å². The van der Waals surface area contributed by atoms with E-state index in [1.165, 1.54) is 5.56 Å². The average Bonchev–Trinajstić information content (AvgIpc) is 2.99. The maximum atomic E-state index is 11.4. The summed E-state index contributed by atoms with van der Waals surface area (Å²) < 4.78 is 22.5. The number of esters is 1. The van der Waals surface area contributed by atoms with Gasteiger partial charge in [-0.1, -0.05) is 80.6 Å². The molecule has 0 unspecified atom stereocenters. The fourth-order valence-electron chi connectivity index (χ4n) is 4.57. The first kappa shape index (κ1) is 28.5. The van der Waals surface area contributed by atoms with Gasteiger partial charge in [0.05, 0.1) is 14.2 Å². The second kappa shape index (κ2) is 13.5. The zero-order valence-electron chi connectivity index (χ0n) is 23.7. The number of carbonyl (C=O) groups excluding carboxylic acids is 1. The van der Waals surface area contributed by atoms with E-state index >= 15 is 0 Å². The highest BCUT2D eigenvalue weighted by Crippen LogP contribution is 2.45. The van der Waals surface area contributed by atoms with Crippen molar-refractivity contribution in [2.45, 2.75) is 26.7 Å². The number of carbonyl (C=O) groups is 1. The summed E-state index contributed by atoms with van der Waals surface area (Å²) in [4.78, 5) is 11.4. The molecule has 5 heteroatoms. The predicted octanol–water partition coefficient (Wildman–Crippen LogP) is 8.16. The molecule has 4 aromatic carbocycles. The molecule has 0 saturated carbocycles. The highest BCUT2D eigenvalue weighted by atomic mass is 16.6. The van der Waals surface area contributed by atoms with Gasteiger partial charge in [0, 0.05) is 16.7 Å². The van der Waals surface area contributed by atoms with Crippen LogP contribution in [0, 0.1) is 0 Å². The van der Waals surface area contributed by atoms with E-state index in [9.17, 15) is 4.79 Å². The molecular formula is C35H36O5. The molecule has 0 aliphatic heterocycles. The van der Waals surface area contributed by atoms with Crippen LogP contribution in [0.4, 0.5) is 0 Å². The Morgan fingerprint density at radius 1 is 0.675 bits per heavy atom. The Balaban J connectivity index is 1.49. The van der Waals surface area contributed by atoms with Gasteiger partial charge in [-0.05, 0) is 65.4 Å². The lowest BCUT2D eigenvalue weighted by molar-refractivity contribution is -0.139. The van der Waals surface area contributed by atoms with Crippen molar-refractivity contribution < 1.29 is 23.7 Å². The Labute approximate surface area is 237 Å². The molecule has 0 aromatic heterocycles. The van der Waals surface area contributed by atoms with Crippen LogP contribution in [0.3, 0.4) is 0 Å². The second-order valence-corrected chi connectivity index (χ2v) is 9.54. The zero-order chi connectivity index (χ0) is 28.5. The van der Waals surface area contributed by atoms with E-state index in [4.69, 9.17) is 18.9 Å². The SMILES string of the molecule is C=C(C)C(=O)OCCOc1ccc(-c2ccc(-c3ccc(-c4ccc(CCC)cc4)c(OC)c3OC)cc2)cc1. The third-order valence-electron chi connectivity index (χ3n) is 6.64. The number of hydrogen-bond donors (Lipinski definition) is 0. The second-order valence-electron chi connectivity index (χ2n) is 9.54. The highest BCUT2D eigenvalue weighted by Gasteiger charge is 2.18. The lowest BCUT2D eigenvalue weighted by Gasteiger charge is -2.17. The van der Waals surface area contributed by atoms with E-state index in [0.29, 0.717) is 17.1 Å². The molecule has 0 atom stereocenters. The molecule has 40 heavy (non-hydrogen) atoms. The van der Waals surface area contributed by atoms with E-state index in [0.717, 1.165) is 52.0 Å². The molecule has 0 amide bonds. The summed E-state index contributed by atoms with van der Waals surface area (Å²) in [6.07, 6.45) is 2.20. The summed E-state index contributed by atoms with van der Waals surface area (Å²) in [7, 11) is 3.36. The molecule has 5 nitrogen and oxygen atoms in total. The van der Waals surface area contributed by atoms with Gasteiger partial charge in [-0.25, -0.2) is 4.79 Å². The monoisotopic (exact) mass is 536 g/mol. The lowest BCUT2D eigenvalue weighted by Crippen LogP contribution is -2.12. The smallest absolute Gasteiger partial charge is 0.333 e. The minimum atomic E-state index is -0.411. The normalized spacial score (nSPS) is 10.6. The molecule has 0 heterocycles. The number of hydrogen-bond acceptors (Lipinski definition) is 5. The third kappa shape index (κ3) is 6.73. The van der Waals surface area contributed by atoms with E-state index in [1.54, 1.807) is 21.1 Å². The number of methoxy groups -OCH3 is 2. The molecule has 0 radical (unpaired) electrons. The first-order valence-electron chi connectivity index (χ1n) is 13.5. The number of aryl methyl sites for hydroxylation is 1. The van der Waals surface area contributed by atoms with Gasteiger partial charge in [0.15, 0.2) is 11.5 Å². The van der Waals surface area contributed by atoms with Gasteiger partial charge in [0.1, 0.15) is 19.0 Å². The molecule has 0 fully saturated rings. The maximum Gasteiger partial charge on any atom is 0.333 e.